The summed E-state index contributed by atoms with van der Waals surface area (Å²) >= 11 is 0. The van der Waals surface area contributed by atoms with Gasteiger partial charge in [-0.1, -0.05) is 30.3 Å². The normalized spacial score (nSPS) is 15.7. The third-order valence-electron chi connectivity index (χ3n) is 5.38. The molecule has 160 valence electrons. The molecule has 0 aromatic heterocycles. The van der Waals surface area contributed by atoms with Crippen LogP contribution < -0.4 is 0 Å². The van der Waals surface area contributed by atoms with E-state index >= 15 is 0 Å². The molecule has 1 heterocycles. The predicted molar refractivity (Wildman–Crippen MR) is 111 cm³/mol. The first-order valence-electron chi connectivity index (χ1n) is 10.2. The lowest BCUT2D eigenvalue weighted by Gasteiger charge is -2.31. The number of allylic oxidation sites excluding steroid dienone is 1. The molecule has 1 saturated heterocycles. The third kappa shape index (κ3) is 6.47. The monoisotopic (exact) mass is 415 g/mol. The van der Waals surface area contributed by atoms with Crippen LogP contribution in [0.1, 0.15) is 30.1 Å². The number of carbonyl (C=O) groups is 1. The minimum Gasteiger partial charge on any atom is -0.466 e. The Bertz CT molecular complexity index is 783. The van der Waals surface area contributed by atoms with Crippen LogP contribution in [0.25, 0.3) is 0 Å². The van der Waals surface area contributed by atoms with Crippen molar-refractivity contribution >= 4 is 5.97 Å². The summed E-state index contributed by atoms with van der Waals surface area (Å²) in [5, 5.41) is 0. The lowest BCUT2D eigenvalue weighted by molar-refractivity contribution is -0.134. The molecule has 2 aromatic carbocycles. The summed E-state index contributed by atoms with van der Waals surface area (Å²) in [4.78, 5) is 13.5. The first kappa shape index (κ1) is 22.1. The van der Waals surface area contributed by atoms with Gasteiger partial charge in [-0.3, -0.25) is 0 Å². The van der Waals surface area contributed by atoms with Crippen LogP contribution in [-0.2, 0) is 14.3 Å². The number of hydrogen-bond donors (Lipinski definition) is 0. The van der Waals surface area contributed by atoms with Gasteiger partial charge < -0.3 is 14.4 Å². The van der Waals surface area contributed by atoms with E-state index in [0.717, 1.165) is 43.6 Å². The van der Waals surface area contributed by atoms with Crippen LogP contribution in [0, 0.1) is 17.6 Å². The summed E-state index contributed by atoms with van der Waals surface area (Å²) in [6, 6.07) is 12.4. The first-order chi connectivity index (χ1) is 14.5. The Morgan fingerprint density at radius 1 is 1.03 bits per heavy atom. The van der Waals surface area contributed by atoms with Crippen LogP contribution in [0.5, 0.6) is 0 Å². The second kappa shape index (κ2) is 11.0. The molecule has 0 N–H and O–H groups in total. The van der Waals surface area contributed by atoms with Gasteiger partial charge in [0.1, 0.15) is 17.7 Å². The molecule has 0 spiro atoms. The fourth-order valence-corrected chi connectivity index (χ4v) is 3.61. The molecule has 0 saturated carbocycles. The summed E-state index contributed by atoms with van der Waals surface area (Å²) in [5.74, 6) is -0.549. The molecule has 0 amide bonds. The van der Waals surface area contributed by atoms with Crippen LogP contribution in [0.15, 0.2) is 60.7 Å². The van der Waals surface area contributed by atoms with E-state index in [9.17, 15) is 13.6 Å². The molecule has 0 bridgehead atoms. The molecule has 1 aliphatic rings. The number of halogens is 2. The van der Waals surface area contributed by atoms with E-state index in [1.807, 2.05) is 6.08 Å². The number of methoxy groups -OCH3 is 1. The second-order valence-electron chi connectivity index (χ2n) is 7.42. The lowest BCUT2D eigenvalue weighted by atomic mass is 9.96. The molecule has 30 heavy (non-hydrogen) atoms. The molecule has 0 aliphatic carbocycles. The maximum absolute atomic E-state index is 13.3. The van der Waals surface area contributed by atoms with Gasteiger partial charge in [-0.2, -0.15) is 0 Å². The Morgan fingerprint density at radius 3 is 2.07 bits per heavy atom. The van der Waals surface area contributed by atoms with Gasteiger partial charge in [0.2, 0.25) is 0 Å². The summed E-state index contributed by atoms with van der Waals surface area (Å²) in [6.45, 7) is 3.13. The van der Waals surface area contributed by atoms with Gasteiger partial charge in [0.15, 0.2) is 0 Å². The van der Waals surface area contributed by atoms with Gasteiger partial charge in [0.25, 0.3) is 0 Å². The first-order valence-corrected chi connectivity index (χ1v) is 10.2. The van der Waals surface area contributed by atoms with Gasteiger partial charge in [0, 0.05) is 12.6 Å². The standard InChI is InChI=1S/C24H27F2NO3/c1-29-23(28)11-2-18-12-14-27(15-13-18)16-17-30-24(19-3-7-21(25)8-4-19)20-5-9-22(26)10-6-20/h2-11,18,24H,12-17H2,1H3/b11-2+. The molecule has 4 nitrogen and oxygen atoms in total. The van der Waals surface area contributed by atoms with Gasteiger partial charge in [-0.05, 0) is 67.2 Å². The Kier molecular flexibility index (Phi) is 8.11. The summed E-state index contributed by atoms with van der Waals surface area (Å²) in [7, 11) is 1.38. The predicted octanol–water partition coefficient (Wildman–Crippen LogP) is 4.51. The number of hydrogen-bond acceptors (Lipinski definition) is 4. The van der Waals surface area contributed by atoms with Crippen molar-refractivity contribution in [1.29, 1.82) is 0 Å². The lowest BCUT2D eigenvalue weighted by Crippen LogP contribution is -2.35. The van der Waals surface area contributed by atoms with Crippen molar-refractivity contribution in [3.05, 3.63) is 83.4 Å². The SMILES string of the molecule is COC(=O)/C=C/C1CCN(CCOC(c2ccc(F)cc2)c2ccc(F)cc2)CC1. The van der Waals surface area contributed by atoms with Gasteiger partial charge in [-0.15, -0.1) is 0 Å². The number of carbonyl (C=O) groups excluding carboxylic acids is 1. The van der Waals surface area contributed by atoms with E-state index in [2.05, 4.69) is 9.64 Å². The summed E-state index contributed by atoms with van der Waals surface area (Å²) in [6.07, 6.45) is 5.00. The summed E-state index contributed by atoms with van der Waals surface area (Å²) in [5.41, 5.74) is 1.66. The summed E-state index contributed by atoms with van der Waals surface area (Å²) < 4.78 is 37.4. The molecule has 6 heteroatoms. The van der Waals surface area contributed by atoms with Gasteiger partial charge in [0.05, 0.1) is 13.7 Å². The van der Waals surface area contributed by atoms with Crippen LogP contribution >= 0.6 is 0 Å². The maximum Gasteiger partial charge on any atom is 0.330 e. The highest BCUT2D eigenvalue weighted by atomic mass is 19.1. The van der Waals surface area contributed by atoms with E-state index < -0.39 is 0 Å². The highest BCUT2D eigenvalue weighted by molar-refractivity contribution is 5.81. The average Bonchev–Trinajstić information content (AvgIpc) is 2.77. The van der Waals surface area contributed by atoms with E-state index in [1.54, 1.807) is 24.3 Å². The molecule has 1 fully saturated rings. The van der Waals surface area contributed by atoms with Crippen LogP contribution in [0.2, 0.25) is 0 Å². The van der Waals surface area contributed by atoms with Crippen molar-refractivity contribution in [2.24, 2.45) is 5.92 Å². The molecule has 2 aromatic rings. The Morgan fingerprint density at radius 2 is 1.57 bits per heavy atom. The maximum atomic E-state index is 13.3. The Hall–Kier alpha value is -2.57. The Labute approximate surface area is 176 Å². The Balaban J connectivity index is 1.54. The van der Waals surface area contributed by atoms with Crippen molar-refractivity contribution in [3.8, 4) is 0 Å². The van der Waals surface area contributed by atoms with Crippen molar-refractivity contribution in [3.63, 3.8) is 0 Å². The number of likely N-dealkylation sites (tertiary alicyclic amines) is 1. The third-order valence-corrected chi connectivity index (χ3v) is 5.38. The molecule has 0 unspecified atom stereocenters. The van der Waals surface area contributed by atoms with E-state index in [1.165, 1.54) is 37.5 Å². The van der Waals surface area contributed by atoms with Crippen molar-refractivity contribution < 1.29 is 23.0 Å². The topological polar surface area (TPSA) is 38.8 Å². The molecule has 0 radical (unpaired) electrons. The number of benzene rings is 2. The fourth-order valence-electron chi connectivity index (χ4n) is 3.61. The number of rotatable bonds is 8. The zero-order valence-corrected chi connectivity index (χ0v) is 17.1. The van der Waals surface area contributed by atoms with Crippen LogP contribution in [0.4, 0.5) is 8.78 Å². The van der Waals surface area contributed by atoms with E-state index in [4.69, 9.17) is 4.74 Å². The van der Waals surface area contributed by atoms with Crippen LogP contribution in [-0.4, -0.2) is 44.2 Å². The van der Waals surface area contributed by atoms with Gasteiger partial charge >= 0.3 is 5.97 Å². The molecule has 1 aliphatic heterocycles. The minimum absolute atomic E-state index is 0.305. The molecular weight excluding hydrogens is 388 g/mol. The van der Waals surface area contributed by atoms with Crippen LogP contribution in [0.3, 0.4) is 0 Å². The number of ether oxygens (including phenoxy) is 2. The van der Waals surface area contributed by atoms with Crippen molar-refractivity contribution in [1.82, 2.24) is 4.90 Å². The highest BCUT2D eigenvalue weighted by Crippen LogP contribution is 2.27. The molecule has 3 rings (SSSR count). The highest BCUT2D eigenvalue weighted by Gasteiger charge is 2.19. The number of nitrogens with zero attached hydrogens (tertiary/aromatic N) is 1. The number of esters is 1. The zero-order chi connectivity index (χ0) is 21.3. The largest absolute Gasteiger partial charge is 0.466 e. The fraction of sp³-hybridized carbons (Fsp3) is 0.375. The van der Waals surface area contributed by atoms with E-state index in [-0.39, 0.29) is 23.7 Å². The molecular formula is C24H27F2NO3. The quantitative estimate of drug-likeness (QED) is 0.470. The van der Waals surface area contributed by atoms with Gasteiger partial charge in [-0.25, -0.2) is 13.6 Å². The zero-order valence-electron chi connectivity index (χ0n) is 17.1. The molecule has 0 atom stereocenters. The average molecular weight is 415 g/mol. The second-order valence-corrected chi connectivity index (χ2v) is 7.42. The minimum atomic E-state index is -0.383. The van der Waals surface area contributed by atoms with Crippen molar-refractivity contribution in [2.75, 3.05) is 33.4 Å². The van der Waals surface area contributed by atoms with E-state index in [0.29, 0.717) is 12.5 Å². The number of piperidine rings is 1. The van der Waals surface area contributed by atoms with Crippen molar-refractivity contribution in [2.45, 2.75) is 18.9 Å². The smallest absolute Gasteiger partial charge is 0.330 e.